The Kier molecular flexibility index (Phi) is 29.2. The Hall–Kier alpha value is -4.55. The molecule has 1 aromatic rings. The average Bonchev–Trinajstić information content (AvgIpc) is 4.11. The number of benzene rings is 1. The molecule has 0 bridgehead atoms. The summed E-state index contributed by atoms with van der Waals surface area (Å²) in [6, 6.07) is 8.31. The van der Waals surface area contributed by atoms with Crippen molar-refractivity contribution in [1.29, 1.82) is 1.43 Å². The molecule has 0 radical (unpaired) electrons. The molecule has 1 aromatic carbocycles. The fourth-order valence-electron chi connectivity index (χ4n) is 7.50. The second kappa shape index (κ2) is 33.2. The quantitative estimate of drug-likeness (QED) is 0.0800. The molecular weight excluding hydrogens is 935 g/mol. The fourth-order valence-corrected chi connectivity index (χ4v) is 8.90. The van der Waals surface area contributed by atoms with Crippen LogP contribution in [-0.2, 0) is 49.3 Å². The lowest BCUT2D eigenvalue weighted by Gasteiger charge is -2.38. The monoisotopic (exact) mass is 1020 g/mol. The molecule has 70 heavy (non-hydrogen) atoms. The topological polar surface area (TPSA) is 319 Å². The van der Waals surface area contributed by atoms with Gasteiger partial charge in [0, 0.05) is 33.7 Å². The van der Waals surface area contributed by atoms with Crippen LogP contribution in [0.2, 0.25) is 18.1 Å². The molecule has 1 saturated carbocycles. The van der Waals surface area contributed by atoms with Gasteiger partial charge >= 0.3 is 24.0 Å². The van der Waals surface area contributed by atoms with Crippen LogP contribution in [0, 0.1) is 5.92 Å². The Labute approximate surface area is 416 Å². The third kappa shape index (κ3) is 25.0. The standard InChI is InChI=1S/C13H17NO4.C13H28OSi.C9H15NO5.C8H13NO4.C4H6O3.CH4O/c15-8-11-6-12(16)7-14(11)13(17)18-9-10-4-2-1-3-5-10;1-7-11-8-9-12(10-11)14-15(5,6)13(2,3)4;1-15-9(14)3-8(13)10-4-7(12)2-6(10)5-11;1-5-2-6(10)4-9(5)7(11)3-8(12)13;1-3(5)2-4(6)7;1-2/h1-5,11-12,15-16H,6-9H2;11-12H,7-10H2,1-6H3;6-7,11-12H,2-5H2,1H3;5-6,10H,2-4H2,1H3,(H,12,13);2H2,1H3,(H,6,7);2H,1H3/t11-,12+;11-,12-;6-,7+;5-,6-;;/m0001../s1/i;;;1D;;2T. The van der Waals surface area contributed by atoms with E-state index in [-0.39, 0.29) is 77.1 Å². The van der Waals surface area contributed by atoms with Crippen molar-refractivity contribution in [2.45, 2.75) is 173 Å². The zero-order valence-electron chi connectivity index (χ0n) is 44.5. The molecule has 22 heteroatoms. The Morgan fingerprint density at radius 2 is 1.29 bits per heavy atom. The highest BCUT2D eigenvalue weighted by Crippen LogP contribution is 2.40. The third-order valence-electron chi connectivity index (χ3n) is 12.2. The van der Waals surface area contributed by atoms with Crippen molar-refractivity contribution in [1.82, 2.24) is 14.7 Å². The molecule has 8 atom stereocenters. The number of hydrogen-bond donors (Lipinski definition) is 8. The molecule has 3 aliphatic heterocycles. The molecule has 8 N–H and O–H groups in total. The van der Waals surface area contributed by atoms with E-state index in [4.69, 9.17) is 32.4 Å². The summed E-state index contributed by atoms with van der Waals surface area (Å²) in [7, 11) is 0.986. The van der Waals surface area contributed by atoms with Crippen molar-refractivity contribution in [3.05, 3.63) is 35.9 Å². The van der Waals surface area contributed by atoms with Gasteiger partial charge in [-0.3, -0.25) is 28.8 Å². The number of carboxylic acid groups (broad SMARTS) is 2. The fraction of sp³-hybridized carbons (Fsp3) is 0.729. The molecule has 5 rings (SSSR count). The van der Waals surface area contributed by atoms with Crippen LogP contribution < -0.4 is 0 Å². The van der Waals surface area contributed by atoms with E-state index in [9.17, 15) is 48.9 Å². The van der Waals surface area contributed by atoms with Crippen LogP contribution in [0.4, 0.5) is 4.79 Å². The number of hydrogen-bond acceptors (Lipinski definition) is 16. The van der Waals surface area contributed by atoms with E-state index in [1.54, 1.807) is 0 Å². The highest BCUT2D eigenvalue weighted by Gasteiger charge is 2.41. The van der Waals surface area contributed by atoms with E-state index in [1.807, 2.05) is 30.3 Å². The molecule has 21 nitrogen and oxygen atoms in total. The summed E-state index contributed by atoms with van der Waals surface area (Å²) in [5.74, 6) is -3.18. The lowest BCUT2D eigenvalue weighted by Crippen LogP contribution is -2.43. The number of nitrogens with zero attached hydrogens (tertiary/aromatic N) is 3. The SMILES string of the molecule is CC(=O)CC(=O)O.CC[C@H]1CC[C@H](O[Si](C)(C)C(C)(C)C)C1.COC(=O)CC(=O)N1C[C@H](O)C[C@H]1CO.O=C(OCc1ccccc1)N1C[C@H](O)C[C@H]1CO.[2H]C[C@@H]1C[C@@H](O)CN1C(=O)CC(=O)O.[3H]OC. The van der Waals surface area contributed by atoms with Gasteiger partial charge in [-0.1, -0.05) is 64.4 Å². The number of carbonyl (C=O) groups excluding carboxylic acids is 5. The van der Waals surface area contributed by atoms with Crippen LogP contribution in [0.25, 0.3) is 0 Å². The summed E-state index contributed by atoms with van der Waals surface area (Å²) in [4.78, 5) is 79.3. The van der Waals surface area contributed by atoms with Crippen LogP contribution >= 0.6 is 0 Å². The number of carboxylic acids is 2. The van der Waals surface area contributed by atoms with E-state index in [0.29, 0.717) is 30.4 Å². The van der Waals surface area contributed by atoms with Crippen molar-refractivity contribution in [3.8, 4) is 0 Å². The van der Waals surface area contributed by atoms with Crippen LogP contribution in [0.3, 0.4) is 0 Å². The highest BCUT2D eigenvalue weighted by molar-refractivity contribution is 6.74. The number of Topliss-reactive ketones (excluding diaryl/α,β-unsaturated/α-hetero) is 1. The minimum atomic E-state index is -1.51. The van der Waals surface area contributed by atoms with Crippen molar-refractivity contribution in [3.63, 3.8) is 0 Å². The van der Waals surface area contributed by atoms with Gasteiger partial charge in [0.15, 0.2) is 8.32 Å². The molecule has 4 fully saturated rings. The van der Waals surface area contributed by atoms with Gasteiger partial charge in [-0.2, -0.15) is 0 Å². The Morgan fingerprint density at radius 1 is 0.786 bits per heavy atom. The number of rotatable bonds is 13. The number of amides is 3. The summed E-state index contributed by atoms with van der Waals surface area (Å²) in [5, 5.41) is 66.3. The number of ether oxygens (including phenoxy) is 2. The number of esters is 1. The number of aliphatic hydroxyl groups excluding tert-OH is 6. The molecular formula is C48H83N3O18Si. The Balaban J connectivity index is 0.000000881. The summed E-state index contributed by atoms with van der Waals surface area (Å²) < 4.78 is 28.8. The van der Waals surface area contributed by atoms with Gasteiger partial charge in [0.1, 0.15) is 31.7 Å². The smallest absolute Gasteiger partial charge is 0.410 e. The lowest BCUT2D eigenvalue weighted by molar-refractivity contribution is -0.148. The number of aliphatic carboxylic acids is 2. The molecule has 0 aromatic heterocycles. The second-order valence-corrected chi connectivity index (χ2v) is 23.7. The van der Waals surface area contributed by atoms with Gasteiger partial charge in [0.2, 0.25) is 13.2 Å². The first-order valence-corrected chi connectivity index (χ1v) is 26.3. The van der Waals surface area contributed by atoms with Crippen LogP contribution in [0.15, 0.2) is 30.3 Å². The highest BCUT2D eigenvalue weighted by atomic mass is 28.4. The van der Waals surface area contributed by atoms with Crippen molar-refractivity contribution in [2.75, 3.05) is 47.1 Å². The number of aliphatic hydroxyl groups is 6. The van der Waals surface area contributed by atoms with Gasteiger partial charge in [-0.05, 0) is 82.0 Å². The maximum atomic E-state index is 11.8. The van der Waals surface area contributed by atoms with Crippen molar-refractivity contribution < 1.29 is 89.7 Å². The average molecular weight is 1020 g/mol. The van der Waals surface area contributed by atoms with E-state index in [1.165, 1.54) is 61.5 Å². The van der Waals surface area contributed by atoms with Crippen molar-refractivity contribution in [2.24, 2.45) is 5.92 Å². The van der Waals surface area contributed by atoms with Crippen LogP contribution in [-0.4, -0.2) is 197 Å². The number of β-amino-alcohol motifs (C(OH)–C–C–N with tert-alkyl or cyclic N) is 3. The first-order valence-electron chi connectivity index (χ1n) is 24.5. The summed E-state index contributed by atoms with van der Waals surface area (Å²) in [6.45, 7) is 15.6. The summed E-state index contributed by atoms with van der Waals surface area (Å²) in [6.07, 6.45) is 3.42. The first kappa shape index (κ1) is 61.6. The van der Waals surface area contributed by atoms with Gasteiger partial charge in [-0.15, -0.1) is 0 Å². The zero-order chi connectivity index (χ0) is 55.4. The number of likely N-dealkylation sites (tertiary alicyclic amines) is 3. The minimum Gasteiger partial charge on any atom is -0.481 e. The molecule has 1 aliphatic carbocycles. The van der Waals surface area contributed by atoms with Gasteiger partial charge in [0.25, 0.3) is 0 Å². The van der Waals surface area contributed by atoms with E-state index in [0.717, 1.165) is 11.5 Å². The Bertz CT molecular complexity index is 1780. The predicted octanol–water partition coefficient (Wildman–Crippen LogP) is 2.94. The minimum absolute atomic E-state index is 0.00240. The normalized spacial score (nSPS) is 23.9. The molecule has 3 saturated heterocycles. The number of carbonyl (C=O) groups is 7. The maximum Gasteiger partial charge on any atom is 0.410 e. The molecule has 0 unspecified atom stereocenters. The Morgan fingerprint density at radius 3 is 1.73 bits per heavy atom. The van der Waals surface area contributed by atoms with Gasteiger partial charge < -0.3 is 69.5 Å². The second-order valence-electron chi connectivity index (χ2n) is 19.0. The molecule has 4 aliphatic rings. The number of ketones is 1. The molecule has 3 heterocycles. The van der Waals surface area contributed by atoms with Crippen LogP contribution in [0.1, 0.15) is 113 Å². The third-order valence-corrected chi connectivity index (χ3v) is 16.8. The van der Waals surface area contributed by atoms with Crippen molar-refractivity contribution >= 4 is 49.9 Å². The largest absolute Gasteiger partial charge is 0.481 e. The van der Waals surface area contributed by atoms with Crippen LogP contribution in [0.5, 0.6) is 0 Å². The number of methoxy groups -OCH3 is 1. The van der Waals surface area contributed by atoms with E-state index < -0.39 is 74.9 Å². The summed E-state index contributed by atoms with van der Waals surface area (Å²) >= 11 is 0. The maximum absolute atomic E-state index is 11.8. The molecule has 402 valence electrons. The first-order chi connectivity index (χ1) is 33.6. The molecule has 3 amide bonds. The lowest BCUT2D eigenvalue weighted by atomic mass is 10.1. The van der Waals surface area contributed by atoms with E-state index >= 15 is 0 Å². The van der Waals surface area contributed by atoms with Gasteiger partial charge in [0.05, 0.1) is 57.3 Å². The predicted molar refractivity (Wildman–Crippen MR) is 260 cm³/mol. The zero-order valence-corrected chi connectivity index (χ0v) is 43.5. The van der Waals surface area contributed by atoms with Gasteiger partial charge in [-0.25, -0.2) is 4.79 Å². The summed E-state index contributed by atoms with van der Waals surface area (Å²) in [5.41, 5.74) is 0.908. The van der Waals surface area contributed by atoms with E-state index in [2.05, 4.69) is 50.6 Å². The molecule has 0 spiro atoms.